The van der Waals surface area contributed by atoms with E-state index in [1.54, 1.807) is 0 Å². The lowest BCUT2D eigenvalue weighted by Gasteiger charge is -2.14. The molecule has 20 heavy (non-hydrogen) atoms. The highest BCUT2D eigenvalue weighted by molar-refractivity contribution is 5.30. The van der Waals surface area contributed by atoms with Gasteiger partial charge in [-0.1, -0.05) is 19.8 Å². The van der Waals surface area contributed by atoms with Crippen LogP contribution in [0.4, 0.5) is 5.95 Å². The fourth-order valence-electron chi connectivity index (χ4n) is 3.03. The maximum atomic E-state index is 4.51. The monoisotopic (exact) mass is 273 g/mol. The molecule has 0 unspecified atom stereocenters. The molecule has 0 bridgehead atoms. The van der Waals surface area contributed by atoms with Gasteiger partial charge in [0.05, 0.1) is 12.2 Å². The molecule has 0 aromatic carbocycles. The lowest BCUT2D eigenvalue weighted by molar-refractivity contribution is 0.714. The zero-order valence-electron chi connectivity index (χ0n) is 12.3. The van der Waals surface area contributed by atoms with Crippen molar-refractivity contribution in [3.63, 3.8) is 0 Å². The van der Waals surface area contributed by atoms with Crippen molar-refractivity contribution in [2.24, 2.45) is 7.05 Å². The molecule has 1 aliphatic carbocycles. The van der Waals surface area contributed by atoms with E-state index in [9.17, 15) is 0 Å². The smallest absolute Gasteiger partial charge is 0.203 e. The summed E-state index contributed by atoms with van der Waals surface area (Å²) in [4.78, 5) is 4.46. The molecule has 1 aliphatic rings. The summed E-state index contributed by atoms with van der Waals surface area (Å²) in [6.45, 7) is 2.99. The van der Waals surface area contributed by atoms with Crippen LogP contribution in [0.5, 0.6) is 0 Å². The molecule has 0 radical (unpaired) electrons. The maximum absolute atomic E-state index is 4.51. The van der Waals surface area contributed by atoms with Gasteiger partial charge in [-0.05, 0) is 19.3 Å². The highest BCUT2D eigenvalue weighted by Gasteiger charge is 2.17. The standard InChI is InChI=1S/C15H23N5/c1-3-14-12(10-19(2)18-14)11-20-9-8-16-15(20)17-13-6-4-5-7-13/h8-10,13H,3-7,11H2,1-2H3,(H,16,17). The van der Waals surface area contributed by atoms with Crippen LogP contribution < -0.4 is 5.32 Å². The molecule has 2 aromatic rings. The lowest BCUT2D eigenvalue weighted by Crippen LogP contribution is -2.18. The molecule has 3 rings (SSSR count). The van der Waals surface area contributed by atoms with Crippen LogP contribution in [-0.4, -0.2) is 25.4 Å². The molecule has 1 saturated carbocycles. The molecule has 5 heteroatoms. The van der Waals surface area contributed by atoms with Gasteiger partial charge in [-0.2, -0.15) is 5.10 Å². The van der Waals surface area contributed by atoms with Crippen molar-refractivity contribution in [1.29, 1.82) is 0 Å². The van der Waals surface area contributed by atoms with E-state index in [2.05, 4.69) is 33.1 Å². The summed E-state index contributed by atoms with van der Waals surface area (Å²) in [5, 5.41) is 8.08. The number of rotatable bonds is 5. The van der Waals surface area contributed by atoms with Gasteiger partial charge in [-0.3, -0.25) is 4.68 Å². The molecule has 2 heterocycles. The van der Waals surface area contributed by atoms with Crippen LogP contribution in [0.2, 0.25) is 0 Å². The molecular formula is C15H23N5. The SMILES string of the molecule is CCc1nn(C)cc1Cn1ccnc1NC1CCCC1. The minimum absolute atomic E-state index is 0.593. The third-order valence-corrected chi connectivity index (χ3v) is 4.07. The number of hydrogen-bond donors (Lipinski definition) is 1. The Morgan fingerprint density at radius 1 is 1.35 bits per heavy atom. The third kappa shape index (κ3) is 2.71. The molecule has 0 spiro atoms. The maximum Gasteiger partial charge on any atom is 0.203 e. The summed E-state index contributed by atoms with van der Waals surface area (Å²) in [5.74, 6) is 0.989. The molecule has 0 amide bonds. The first-order valence-electron chi connectivity index (χ1n) is 7.55. The second-order valence-corrected chi connectivity index (χ2v) is 5.63. The van der Waals surface area contributed by atoms with E-state index >= 15 is 0 Å². The van der Waals surface area contributed by atoms with Crippen LogP contribution in [0.15, 0.2) is 18.6 Å². The van der Waals surface area contributed by atoms with Gasteiger partial charge in [-0.15, -0.1) is 0 Å². The van der Waals surface area contributed by atoms with Gasteiger partial charge in [-0.25, -0.2) is 4.98 Å². The van der Waals surface area contributed by atoms with Crippen LogP contribution >= 0.6 is 0 Å². The van der Waals surface area contributed by atoms with Crippen molar-refractivity contribution in [2.45, 2.75) is 51.6 Å². The summed E-state index contributed by atoms with van der Waals surface area (Å²) in [6, 6.07) is 0.593. The number of aromatic nitrogens is 4. The molecule has 0 saturated heterocycles. The van der Waals surface area contributed by atoms with E-state index < -0.39 is 0 Å². The highest BCUT2D eigenvalue weighted by Crippen LogP contribution is 2.22. The van der Waals surface area contributed by atoms with Gasteiger partial charge in [0, 0.05) is 37.2 Å². The first kappa shape index (κ1) is 13.2. The van der Waals surface area contributed by atoms with Crippen LogP contribution in [-0.2, 0) is 20.0 Å². The molecule has 1 N–H and O–H groups in total. The summed E-state index contributed by atoms with van der Waals surface area (Å²) in [7, 11) is 1.98. The van der Waals surface area contributed by atoms with E-state index in [-0.39, 0.29) is 0 Å². The molecule has 5 nitrogen and oxygen atoms in total. The predicted octanol–water partition coefficient (Wildman–Crippen LogP) is 2.58. The average Bonchev–Trinajstić information content (AvgIpc) is 3.14. The van der Waals surface area contributed by atoms with Gasteiger partial charge < -0.3 is 9.88 Å². The highest BCUT2D eigenvalue weighted by atomic mass is 15.3. The molecule has 2 aromatic heterocycles. The van der Waals surface area contributed by atoms with Crippen molar-refractivity contribution in [1.82, 2.24) is 19.3 Å². The van der Waals surface area contributed by atoms with Crippen molar-refractivity contribution in [3.05, 3.63) is 29.8 Å². The Kier molecular flexibility index (Phi) is 3.76. The fourth-order valence-corrected chi connectivity index (χ4v) is 3.03. The van der Waals surface area contributed by atoms with E-state index in [1.165, 1.54) is 36.9 Å². The number of nitrogens with one attached hydrogen (secondary N) is 1. The summed E-state index contributed by atoms with van der Waals surface area (Å²) >= 11 is 0. The minimum Gasteiger partial charge on any atom is -0.353 e. The zero-order valence-corrected chi connectivity index (χ0v) is 12.3. The Labute approximate surface area is 120 Å². The van der Waals surface area contributed by atoms with Gasteiger partial charge >= 0.3 is 0 Å². The largest absolute Gasteiger partial charge is 0.353 e. The molecule has 0 atom stereocenters. The topological polar surface area (TPSA) is 47.7 Å². The van der Waals surface area contributed by atoms with Crippen molar-refractivity contribution >= 4 is 5.95 Å². The zero-order chi connectivity index (χ0) is 13.9. The number of anilines is 1. The molecule has 0 aliphatic heterocycles. The molecule has 108 valence electrons. The molecular weight excluding hydrogens is 250 g/mol. The van der Waals surface area contributed by atoms with Crippen LogP contribution in [0.1, 0.15) is 43.9 Å². The average molecular weight is 273 g/mol. The summed E-state index contributed by atoms with van der Waals surface area (Å²) in [5.41, 5.74) is 2.45. The lowest BCUT2D eigenvalue weighted by atomic mass is 10.2. The normalized spacial score (nSPS) is 15.9. The van der Waals surface area contributed by atoms with Crippen LogP contribution in [0, 0.1) is 0 Å². The first-order valence-corrected chi connectivity index (χ1v) is 7.55. The Balaban J connectivity index is 1.75. The van der Waals surface area contributed by atoms with Gasteiger partial charge in [0.25, 0.3) is 0 Å². The first-order chi connectivity index (χ1) is 9.76. The Morgan fingerprint density at radius 2 is 2.15 bits per heavy atom. The second-order valence-electron chi connectivity index (χ2n) is 5.63. The Morgan fingerprint density at radius 3 is 2.90 bits per heavy atom. The number of nitrogens with zero attached hydrogens (tertiary/aromatic N) is 4. The second kappa shape index (κ2) is 5.69. The van der Waals surface area contributed by atoms with E-state index in [1.807, 2.05) is 24.1 Å². The predicted molar refractivity (Wildman–Crippen MR) is 79.8 cm³/mol. The van der Waals surface area contributed by atoms with Gasteiger partial charge in [0.1, 0.15) is 0 Å². The number of hydrogen-bond acceptors (Lipinski definition) is 3. The Hall–Kier alpha value is -1.78. The van der Waals surface area contributed by atoms with Crippen molar-refractivity contribution in [3.8, 4) is 0 Å². The van der Waals surface area contributed by atoms with Crippen molar-refractivity contribution in [2.75, 3.05) is 5.32 Å². The van der Waals surface area contributed by atoms with E-state index in [0.29, 0.717) is 6.04 Å². The van der Waals surface area contributed by atoms with E-state index in [0.717, 1.165) is 18.9 Å². The molecule has 1 fully saturated rings. The third-order valence-electron chi connectivity index (χ3n) is 4.07. The van der Waals surface area contributed by atoms with Crippen LogP contribution in [0.3, 0.4) is 0 Å². The summed E-state index contributed by atoms with van der Waals surface area (Å²) in [6.07, 6.45) is 12.2. The number of aryl methyl sites for hydroxylation is 2. The Bertz CT molecular complexity index is 563. The van der Waals surface area contributed by atoms with Crippen molar-refractivity contribution < 1.29 is 0 Å². The van der Waals surface area contributed by atoms with Gasteiger partial charge in [0.2, 0.25) is 5.95 Å². The quantitative estimate of drug-likeness (QED) is 0.911. The van der Waals surface area contributed by atoms with Gasteiger partial charge in [0.15, 0.2) is 0 Å². The summed E-state index contributed by atoms with van der Waals surface area (Å²) < 4.78 is 4.09. The number of imidazole rings is 1. The van der Waals surface area contributed by atoms with Crippen LogP contribution in [0.25, 0.3) is 0 Å². The fraction of sp³-hybridized carbons (Fsp3) is 0.600. The minimum atomic E-state index is 0.593. The van der Waals surface area contributed by atoms with E-state index in [4.69, 9.17) is 0 Å².